The fourth-order valence-corrected chi connectivity index (χ4v) is 4.47. The van der Waals surface area contributed by atoms with Gasteiger partial charge >= 0.3 is 5.16 Å². The van der Waals surface area contributed by atoms with Crippen LogP contribution in [0.3, 0.4) is 0 Å². The van der Waals surface area contributed by atoms with Gasteiger partial charge in [-0.1, -0.05) is 15.9 Å². The van der Waals surface area contributed by atoms with Crippen molar-refractivity contribution in [2.24, 2.45) is 0 Å². The second-order valence-corrected chi connectivity index (χ2v) is 8.24. The lowest BCUT2D eigenvalue weighted by atomic mass is 10.1. The molecule has 6 heteroatoms. The first-order chi connectivity index (χ1) is 11.7. The van der Waals surface area contributed by atoms with E-state index in [1.54, 1.807) is 7.11 Å². The van der Waals surface area contributed by atoms with Gasteiger partial charge in [-0.3, -0.25) is 0 Å². The zero-order chi connectivity index (χ0) is 16.7. The smallest absolute Gasteiger partial charge is 0.324 e. The molecule has 0 spiro atoms. The van der Waals surface area contributed by atoms with Gasteiger partial charge < -0.3 is 21.7 Å². The summed E-state index contributed by atoms with van der Waals surface area (Å²) in [7, 11) is 1.70. The zero-order valence-corrected chi connectivity index (χ0v) is 17.9. The average molecular weight is 482 g/mol. The monoisotopic (exact) mass is 480 g/mol. The van der Waals surface area contributed by atoms with Crippen molar-refractivity contribution in [1.82, 2.24) is 4.57 Å². The zero-order valence-electron chi connectivity index (χ0n) is 13.9. The van der Waals surface area contributed by atoms with Gasteiger partial charge in [0.25, 0.3) is 0 Å². The molecule has 0 saturated carbocycles. The van der Waals surface area contributed by atoms with Crippen LogP contribution in [0.4, 0.5) is 0 Å². The van der Waals surface area contributed by atoms with Crippen molar-refractivity contribution in [3.05, 3.63) is 59.2 Å². The summed E-state index contributed by atoms with van der Waals surface area (Å²) < 4.78 is 11.1. The number of thioether (sulfide) groups is 1. The lowest BCUT2D eigenvalue weighted by Gasteiger charge is -2.06. The van der Waals surface area contributed by atoms with Crippen molar-refractivity contribution >= 4 is 27.7 Å². The van der Waals surface area contributed by atoms with Gasteiger partial charge in [0.2, 0.25) is 0 Å². The van der Waals surface area contributed by atoms with Crippen molar-refractivity contribution in [3.8, 4) is 22.7 Å². The second-order valence-electron chi connectivity index (χ2n) is 5.92. The number of hydrogen-bond acceptors (Lipinski definition) is 2. The molecule has 1 unspecified atom stereocenters. The van der Waals surface area contributed by atoms with Crippen LogP contribution in [-0.4, -0.2) is 16.9 Å². The topological polar surface area (TPSA) is 18.0 Å². The van der Waals surface area contributed by atoms with Gasteiger partial charge in [-0.15, -0.1) is 0 Å². The molecule has 1 atom stereocenters. The Bertz CT molecular complexity index is 876. The van der Waals surface area contributed by atoms with Gasteiger partial charge in [0, 0.05) is 10.0 Å². The van der Waals surface area contributed by atoms with Crippen LogP contribution in [0.1, 0.15) is 6.92 Å². The normalized spacial score (nSPS) is 15.6. The van der Waals surface area contributed by atoms with Gasteiger partial charge in [-0.25, -0.2) is 4.57 Å². The molecule has 3 aromatic rings. The van der Waals surface area contributed by atoms with E-state index in [0.29, 0.717) is 5.25 Å². The second kappa shape index (κ2) is 7.56. The number of fused-ring (bicyclic) bond motifs is 1. The highest BCUT2D eigenvalue weighted by atomic mass is 79.9. The summed E-state index contributed by atoms with van der Waals surface area (Å²) in [4.78, 5) is 0. The van der Waals surface area contributed by atoms with Crippen LogP contribution < -0.4 is 26.3 Å². The van der Waals surface area contributed by atoms with Gasteiger partial charge in [0.1, 0.15) is 24.2 Å². The number of halogens is 2. The minimum absolute atomic E-state index is 0. The van der Waals surface area contributed by atoms with Crippen molar-refractivity contribution in [1.29, 1.82) is 0 Å². The molecule has 0 bridgehead atoms. The summed E-state index contributed by atoms with van der Waals surface area (Å²) in [6, 6.07) is 16.8. The van der Waals surface area contributed by atoms with E-state index in [1.807, 2.05) is 23.9 Å². The predicted molar refractivity (Wildman–Crippen MR) is 101 cm³/mol. The van der Waals surface area contributed by atoms with Crippen molar-refractivity contribution < 1.29 is 26.3 Å². The van der Waals surface area contributed by atoms with Crippen LogP contribution in [0.25, 0.3) is 16.9 Å². The van der Waals surface area contributed by atoms with E-state index in [1.165, 1.54) is 16.4 Å². The Hall–Kier alpha value is -1.24. The van der Waals surface area contributed by atoms with Gasteiger partial charge in [0.05, 0.1) is 12.4 Å². The fraction of sp³-hybridized carbons (Fsp3) is 0.211. The lowest BCUT2D eigenvalue weighted by molar-refractivity contribution is -0.725. The molecule has 2 aromatic carbocycles. The molecular weight excluding hydrogens is 464 g/mol. The van der Waals surface area contributed by atoms with Crippen LogP contribution in [0.2, 0.25) is 0 Å². The number of nitrogens with zero attached hydrogens (tertiary/aromatic N) is 2. The van der Waals surface area contributed by atoms with Crippen LogP contribution >= 0.6 is 27.7 Å². The Labute approximate surface area is 170 Å². The molecule has 1 aliphatic rings. The summed E-state index contributed by atoms with van der Waals surface area (Å²) in [6.07, 6.45) is 2.26. The standard InChI is InChI=1S/C19H18BrN2OS.BrH/c1-13-11-21-12-18(14-3-5-15(20)6-4-14)22(19(21)24-13)16-7-9-17(23-2)10-8-16;/h3-10,12-13H,11H2,1-2H3;1H/q+1;/p-1. The highest BCUT2D eigenvalue weighted by molar-refractivity contribution is 9.10. The minimum atomic E-state index is 0. The molecule has 3 nitrogen and oxygen atoms in total. The molecule has 0 amide bonds. The highest BCUT2D eigenvalue weighted by Gasteiger charge is 2.34. The van der Waals surface area contributed by atoms with E-state index >= 15 is 0 Å². The molecule has 0 saturated heterocycles. The number of methoxy groups -OCH3 is 1. The molecule has 0 aliphatic carbocycles. The molecule has 1 aromatic heterocycles. The maximum Gasteiger partial charge on any atom is 0.324 e. The Morgan fingerprint density at radius 1 is 1.12 bits per heavy atom. The molecule has 0 N–H and O–H groups in total. The molecule has 4 rings (SSSR count). The highest BCUT2D eigenvalue weighted by Crippen LogP contribution is 2.35. The number of aromatic nitrogens is 2. The maximum absolute atomic E-state index is 5.30. The maximum atomic E-state index is 5.30. The predicted octanol–water partition coefficient (Wildman–Crippen LogP) is 1.70. The van der Waals surface area contributed by atoms with Crippen molar-refractivity contribution in [3.63, 3.8) is 0 Å². The summed E-state index contributed by atoms with van der Waals surface area (Å²) in [5.41, 5.74) is 3.58. The number of benzene rings is 2. The van der Waals surface area contributed by atoms with E-state index in [-0.39, 0.29) is 17.0 Å². The van der Waals surface area contributed by atoms with E-state index in [4.69, 9.17) is 4.74 Å². The van der Waals surface area contributed by atoms with E-state index in [0.717, 1.165) is 22.5 Å². The third kappa shape index (κ3) is 3.52. The van der Waals surface area contributed by atoms with Gasteiger partial charge in [-0.2, -0.15) is 4.57 Å². The van der Waals surface area contributed by atoms with Crippen LogP contribution in [0.15, 0.2) is 64.4 Å². The first-order valence-electron chi connectivity index (χ1n) is 7.88. The van der Waals surface area contributed by atoms with Crippen LogP contribution in [0, 0.1) is 0 Å². The van der Waals surface area contributed by atoms with Crippen molar-refractivity contribution in [2.45, 2.75) is 23.9 Å². The molecular formula is C19H18Br2N2OS. The fourth-order valence-electron chi connectivity index (χ4n) is 3.04. The summed E-state index contributed by atoms with van der Waals surface area (Å²) >= 11 is 5.45. The Morgan fingerprint density at radius 3 is 2.44 bits per heavy atom. The number of imidazole rings is 1. The van der Waals surface area contributed by atoms with Crippen molar-refractivity contribution in [2.75, 3.05) is 7.11 Å². The first kappa shape index (κ1) is 18.5. The molecule has 0 radical (unpaired) electrons. The van der Waals surface area contributed by atoms with Crippen LogP contribution in [-0.2, 0) is 6.54 Å². The van der Waals surface area contributed by atoms with Gasteiger partial charge in [-0.05, 0) is 67.2 Å². The Balaban J connectivity index is 0.00000182. The summed E-state index contributed by atoms with van der Waals surface area (Å²) in [5, 5.41) is 1.88. The van der Waals surface area contributed by atoms with E-state index in [2.05, 4.69) is 74.6 Å². The molecule has 25 heavy (non-hydrogen) atoms. The lowest BCUT2D eigenvalue weighted by Crippen LogP contribution is -3.00. The average Bonchev–Trinajstić information content (AvgIpc) is 3.11. The van der Waals surface area contributed by atoms with E-state index < -0.39 is 0 Å². The third-order valence-corrected chi connectivity index (χ3v) is 5.90. The largest absolute Gasteiger partial charge is 1.00 e. The first-order valence-corrected chi connectivity index (χ1v) is 9.55. The molecule has 1 aliphatic heterocycles. The number of hydrogen-bond donors (Lipinski definition) is 0. The summed E-state index contributed by atoms with van der Waals surface area (Å²) in [5.74, 6) is 0.876. The summed E-state index contributed by atoms with van der Waals surface area (Å²) in [6.45, 7) is 3.32. The quantitative estimate of drug-likeness (QED) is 0.530. The number of rotatable bonds is 3. The Kier molecular flexibility index (Phi) is 5.61. The SMILES string of the molecule is COc1ccc(-n2c(-c3ccc(Br)cc3)c[n+]3c2SC(C)C3)cc1.[Br-]. The minimum Gasteiger partial charge on any atom is -1.00 e. The Morgan fingerprint density at radius 2 is 1.80 bits per heavy atom. The molecule has 0 fully saturated rings. The van der Waals surface area contributed by atoms with E-state index in [9.17, 15) is 0 Å². The molecule has 2 heterocycles. The molecule has 130 valence electrons. The number of ether oxygens (including phenoxy) is 1. The third-order valence-electron chi connectivity index (χ3n) is 4.19. The van der Waals surface area contributed by atoms with Gasteiger partial charge in [0.15, 0.2) is 5.69 Å². The van der Waals surface area contributed by atoms with Crippen LogP contribution in [0.5, 0.6) is 5.75 Å².